The smallest absolute Gasteiger partial charge is 0.0992 e. The van der Waals surface area contributed by atoms with E-state index in [0.717, 1.165) is 12.2 Å². The van der Waals surface area contributed by atoms with Crippen molar-refractivity contribution in [2.45, 2.75) is 19.3 Å². The Bertz CT molecular complexity index is 627. The van der Waals surface area contributed by atoms with Crippen molar-refractivity contribution in [3.63, 3.8) is 0 Å². The maximum absolute atomic E-state index is 8.83. The van der Waals surface area contributed by atoms with Crippen molar-refractivity contribution in [3.8, 4) is 6.07 Å². The van der Waals surface area contributed by atoms with Crippen LogP contribution < -0.4 is 11.1 Å². The Morgan fingerprint density at radius 2 is 2.15 bits per heavy atom. The SMILES string of the molecule is CC(C)(CNc1ccc(C#N)cc1N)c1cccnc1. The van der Waals surface area contributed by atoms with Crippen LogP contribution in [0.3, 0.4) is 0 Å². The Labute approximate surface area is 119 Å². The third-order valence-electron chi connectivity index (χ3n) is 3.34. The van der Waals surface area contributed by atoms with Gasteiger partial charge in [0.25, 0.3) is 0 Å². The molecule has 0 saturated heterocycles. The number of pyridine rings is 1. The molecule has 2 aromatic rings. The fraction of sp³-hybridized carbons (Fsp3) is 0.250. The highest BCUT2D eigenvalue weighted by atomic mass is 14.9. The number of hydrogen-bond donors (Lipinski definition) is 2. The fourth-order valence-corrected chi connectivity index (χ4v) is 1.97. The monoisotopic (exact) mass is 266 g/mol. The van der Waals surface area contributed by atoms with E-state index in [4.69, 9.17) is 11.0 Å². The lowest BCUT2D eigenvalue weighted by molar-refractivity contribution is 0.555. The van der Waals surface area contributed by atoms with Crippen molar-refractivity contribution >= 4 is 11.4 Å². The summed E-state index contributed by atoms with van der Waals surface area (Å²) in [6, 6.07) is 11.4. The highest BCUT2D eigenvalue weighted by molar-refractivity contribution is 5.68. The van der Waals surface area contributed by atoms with Gasteiger partial charge >= 0.3 is 0 Å². The van der Waals surface area contributed by atoms with Gasteiger partial charge < -0.3 is 11.1 Å². The molecule has 3 N–H and O–H groups in total. The summed E-state index contributed by atoms with van der Waals surface area (Å²) in [6.45, 7) is 5.03. The van der Waals surface area contributed by atoms with Gasteiger partial charge in [-0.2, -0.15) is 5.26 Å². The Hall–Kier alpha value is -2.54. The molecule has 102 valence electrons. The predicted octanol–water partition coefficient (Wildman–Crippen LogP) is 2.93. The zero-order valence-corrected chi connectivity index (χ0v) is 11.7. The quantitative estimate of drug-likeness (QED) is 0.834. The maximum Gasteiger partial charge on any atom is 0.0992 e. The Morgan fingerprint density at radius 3 is 2.75 bits per heavy atom. The summed E-state index contributed by atoms with van der Waals surface area (Å²) in [7, 11) is 0. The number of nitrogens with one attached hydrogen (secondary N) is 1. The third kappa shape index (κ3) is 3.07. The van der Waals surface area contributed by atoms with Gasteiger partial charge in [0.1, 0.15) is 0 Å². The predicted molar refractivity (Wildman–Crippen MR) is 81.3 cm³/mol. The second-order valence-electron chi connectivity index (χ2n) is 5.39. The van der Waals surface area contributed by atoms with Crippen LogP contribution in [0.25, 0.3) is 0 Å². The second-order valence-corrected chi connectivity index (χ2v) is 5.39. The van der Waals surface area contributed by atoms with Crippen molar-refractivity contribution < 1.29 is 0 Å². The standard InChI is InChI=1S/C16H18N4/c1-16(2,13-4-3-7-19-10-13)11-20-15-6-5-12(9-17)8-14(15)18/h3-8,10,20H,11,18H2,1-2H3. The summed E-state index contributed by atoms with van der Waals surface area (Å²) in [4.78, 5) is 4.16. The minimum atomic E-state index is -0.0609. The molecule has 4 nitrogen and oxygen atoms in total. The highest BCUT2D eigenvalue weighted by Crippen LogP contribution is 2.25. The van der Waals surface area contributed by atoms with Gasteiger partial charge in [-0.15, -0.1) is 0 Å². The van der Waals surface area contributed by atoms with Crippen molar-refractivity contribution in [2.75, 3.05) is 17.6 Å². The van der Waals surface area contributed by atoms with Gasteiger partial charge in [-0.05, 0) is 29.8 Å². The van der Waals surface area contributed by atoms with Gasteiger partial charge in [0.05, 0.1) is 23.0 Å². The van der Waals surface area contributed by atoms with Crippen molar-refractivity contribution in [1.29, 1.82) is 5.26 Å². The summed E-state index contributed by atoms with van der Waals surface area (Å²) in [6.07, 6.45) is 3.65. The second kappa shape index (κ2) is 5.62. The summed E-state index contributed by atoms with van der Waals surface area (Å²) in [5.74, 6) is 0. The molecule has 0 aliphatic carbocycles. The van der Waals surface area contributed by atoms with Crippen LogP contribution >= 0.6 is 0 Å². The van der Waals surface area contributed by atoms with Crippen molar-refractivity contribution in [1.82, 2.24) is 4.98 Å². The zero-order chi connectivity index (χ0) is 14.6. The summed E-state index contributed by atoms with van der Waals surface area (Å²) in [5, 5.41) is 12.2. The Morgan fingerprint density at radius 1 is 1.35 bits per heavy atom. The van der Waals surface area contributed by atoms with Gasteiger partial charge in [0.15, 0.2) is 0 Å². The first-order chi connectivity index (χ1) is 9.53. The van der Waals surface area contributed by atoms with Crippen LogP contribution in [0.15, 0.2) is 42.7 Å². The van der Waals surface area contributed by atoms with Crippen LogP contribution in [0.5, 0.6) is 0 Å². The first-order valence-corrected chi connectivity index (χ1v) is 6.47. The lowest BCUT2D eigenvalue weighted by Gasteiger charge is -2.26. The molecule has 1 heterocycles. The molecule has 0 bridgehead atoms. The van der Waals surface area contributed by atoms with Crippen LogP contribution in [0.2, 0.25) is 0 Å². The van der Waals surface area contributed by atoms with E-state index >= 15 is 0 Å². The van der Waals surface area contributed by atoms with Crippen molar-refractivity contribution in [3.05, 3.63) is 53.9 Å². The summed E-state index contributed by atoms with van der Waals surface area (Å²) >= 11 is 0. The number of nitrogens with zero attached hydrogens (tertiary/aromatic N) is 2. The van der Waals surface area contributed by atoms with Crippen molar-refractivity contribution in [2.24, 2.45) is 0 Å². The highest BCUT2D eigenvalue weighted by Gasteiger charge is 2.20. The van der Waals surface area contributed by atoms with Crippen LogP contribution in [0.1, 0.15) is 25.0 Å². The molecule has 0 spiro atoms. The number of anilines is 2. The van der Waals surface area contributed by atoms with Gasteiger partial charge in [-0.3, -0.25) is 4.98 Å². The molecule has 0 fully saturated rings. The number of benzene rings is 1. The van der Waals surface area contributed by atoms with E-state index in [0.29, 0.717) is 11.3 Å². The summed E-state index contributed by atoms with van der Waals surface area (Å²) < 4.78 is 0. The molecule has 0 aliphatic heterocycles. The fourth-order valence-electron chi connectivity index (χ4n) is 1.97. The molecule has 0 atom stereocenters. The van der Waals surface area contributed by atoms with Crippen LogP contribution in [-0.4, -0.2) is 11.5 Å². The molecular weight excluding hydrogens is 248 g/mol. The van der Waals surface area contributed by atoms with E-state index in [1.165, 1.54) is 5.56 Å². The van der Waals surface area contributed by atoms with Crippen LogP contribution in [-0.2, 0) is 5.41 Å². The molecule has 0 saturated carbocycles. The molecule has 4 heteroatoms. The molecule has 2 rings (SSSR count). The topological polar surface area (TPSA) is 74.7 Å². The van der Waals surface area contributed by atoms with E-state index in [1.54, 1.807) is 18.3 Å². The van der Waals surface area contributed by atoms with E-state index in [1.807, 2.05) is 18.3 Å². The Kier molecular flexibility index (Phi) is 3.90. The zero-order valence-electron chi connectivity index (χ0n) is 11.7. The molecule has 1 aromatic carbocycles. The average molecular weight is 266 g/mol. The van der Waals surface area contributed by atoms with Crippen LogP contribution in [0.4, 0.5) is 11.4 Å². The Balaban J connectivity index is 2.11. The molecule has 0 aliphatic rings. The first-order valence-electron chi connectivity index (χ1n) is 6.47. The molecule has 0 amide bonds. The first kappa shape index (κ1) is 13.9. The molecule has 0 radical (unpaired) electrons. The van der Waals surface area contributed by atoms with Gasteiger partial charge in [0.2, 0.25) is 0 Å². The molecular formula is C16H18N4. The van der Waals surface area contributed by atoms with E-state index < -0.39 is 0 Å². The van der Waals surface area contributed by atoms with E-state index in [-0.39, 0.29) is 5.41 Å². The lowest BCUT2D eigenvalue weighted by atomic mass is 9.85. The summed E-state index contributed by atoms with van der Waals surface area (Å²) in [5.41, 5.74) is 9.05. The molecule has 0 unspecified atom stereocenters. The number of nitrogen functional groups attached to an aromatic ring is 1. The normalized spacial score (nSPS) is 10.8. The minimum Gasteiger partial charge on any atom is -0.397 e. The lowest BCUT2D eigenvalue weighted by Crippen LogP contribution is -2.28. The van der Waals surface area contributed by atoms with E-state index in [2.05, 4.69) is 36.3 Å². The largest absolute Gasteiger partial charge is 0.397 e. The third-order valence-corrected chi connectivity index (χ3v) is 3.34. The average Bonchev–Trinajstić information content (AvgIpc) is 2.47. The van der Waals surface area contributed by atoms with Gasteiger partial charge in [-0.1, -0.05) is 19.9 Å². The van der Waals surface area contributed by atoms with Gasteiger partial charge in [-0.25, -0.2) is 0 Å². The molecule has 20 heavy (non-hydrogen) atoms. The number of aromatic nitrogens is 1. The number of rotatable bonds is 4. The minimum absolute atomic E-state index is 0.0609. The van der Waals surface area contributed by atoms with Gasteiger partial charge in [0, 0.05) is 24.4 Å². The van der Waals surface area contributed by atoms with E-state index in [9.17, 15) is 0 Å². The number of nitrogens with two attached hydrogens (primary N) is 1. The number of hydrogen-bond acceptors (Lipinski definition) is 4. The molecule has 1 aromatic heterocycles. The van der Waals surface area contributed by atoms with Crippen LogP contribution in [0, 0.1) is 11.3 Å². The maximum atomic E-state index is 8.83. The number of nitriles is 1.